The summed E-state index contributed by atoms with van der Waals surface area (Å²) >= 11 is 0. The minimum absolute atomic E-state index is 0.0361. The molecular formula is C40H67F2N9. The second-order valence-corrected chi connectivity index (χ2v) is 14.0. The lowest BCUT2D eigenvalue weighted by molar-refractivity contribution is -0.0513. The molecule has 286 valence electrons. The molecule has 5 N–H and O–H groups in total. The van der Waals surface area contributed by atoms with Gasteiger partial charge in [0.25, 0.3) is 0 Å². The fourth-order valence-corrected chi connectivity index (χ4v) is 7.66. The Labute approximate surface area is 307 Å². The van der Waals surface area contributed by atoms with E-state index in [-0.39, 0.29) is 18.4 Å². The SMILES string of the molecule is C#C.C=CCCC(CCC)N1CN(/C(CCC2CC(C(C)(F)F)CNC2=C)=N/c2nc(C(C(/C=C\N)=NCC)C3CCCCC3)cn2C)C1.CN. The van der Waals surface area contributed by atoms with Gasteiger partial charge in [-0.1, -0.05) is 45.3 Å². The van der Waals surface area contributed by atoms with Crippen LogP contribution in [0.2, 0.25) is 0 Å². The molecule has 3 heterocycles. The van der Waals surface area contributed by atoms with E-state index in [1.807, 2.05) is 23.8 Å². The number of aliphatic imine (C=N–C) groups is 2. The molecular weight excluding hydrogens is 644 g/mol. The van der Waals surface area contributed by atoms with Gasteiger partial charge in [0.1, 0.15) is 5.84 Å². The number of nitrogens with zero attached hydrogens (tertiary/aromatic N) is 6. The first-order valence-corrected chi connectivity index (χ1v) is 18.9. The average molecular weight is 712 g/mol. The zero-order chi connectivity index (χ0) is 38.0. The third kappa shape index (κ3) is 12.6. The Bertz CT molecular complexity index is 1300. The summed E-state index contributed by atoms with van der Waals surface area (Å²) < 4.78 is 30.7. The number of allylic oxidation sites excluding steroid dienone is 3. The van der Waals surface area contributed by atoms with E-state index in [9.17, 15) is 8.78 Å². The molecule has 0 spiro atoms. The largest absolute Gasteiger partial charge is 0.405 e. The molecule has 1 aliphatic carbocycles. The number of halogens is 2. The second kappa shape index (κ2) is 22.4. The maximum Gasteiger partial charge on any atom is 0.249 e. The van der Waals surface area contributed by atoms with Gasteiger partial charge in [-0.3, -0.25) is 9.89 Å². The molecule has 4 rings (SSSR count). The van der Waals surface area contributed by atoms with Crippen molar-refractivity contribution in [2.75, 3.05) is 33.5 Å². The van der Waals surface area contributed by atoms with Crippen molar-refractivity contribution < 1.29 is 8.78 Å². The number of hydrogen-bond acceptors (Lipinski definition) is 7. The lowest BCUT2D eigenvalue weighted by Crippen LogP contribution is -2.60. The number of amidine groups is 1. The molecule has 9 nitrogen and oxygen atoms in total. The first-order valence-electron chi connectivity index (χ1n) is 18.9. The molecule has 51 heavy (non-hydrogen) atoms. The van der Waals surface area contributed by atoms with Gasteiger partial charge in [-0.2, -0.15) is 4.99 Å². The summed E-state index contributed by atoms with van der Waals surface area (Å²) in [5.41, 5.74) is 13.2. The van der Waals surface area contributed by atoms with E-state index in [1.165, 1.54) is 26.3 Å². The molecule has 0 amide bonds. The van der Waals surface area contributed by atoms with Gasteiger partial charge in [-0.15, -0.1) is 19.4 Å². The maximum absolute atomic E-state index is 14.3. The maximum atomic E-state index is 14.3. The number of piperidine rings is 1. The van der Waals surface area contributed by atoms with E-state index >= 15 is 0 Å². The first kappa shape index (κ1) is 43.7. The minimum atomic E-state index is -2.72. The van der Waals surface area contributed by atoms with Crippen molar-refractivity contribution in [1.82, 2.24) is 24.7 Å². The predicted molar refractivity (Wildman–Crippen MR) is 211 cm³/mol. The summed E-state index contributed by atoms with van der Waals surface area (Å²) in [5, 5.41) is 3.18. The van der Waals surface area contributed by atoms with Crippen LogP contribution in [0.4, 0.5) is 14.7 Å². The topological polar surface area (TPSA) is 113 Å². The summed E-state index contributed by atoms with van der Waals surface area (Å²) in [5.74, 6) is -1.32. The van der Waals surface area contributed by atoms with Crippen molar-refractivity contribution in [3.05, 3.63) is 49.1 Å². The third-order valence-corrected chi connectivity index (χ3v) is 10.4. The van der Waals surface area contributed by atoms with Crippen molar-refractivity contribution in [3.63, 3.8) is 0 Å². The van der Waals surface area contributed by atoms with Crippen molar-refractivity contribution >= 4 is 17.5 Å². The predicted octanol–water partition coefficient (Wildman–Crippen LogP) is 7.71. The third-order valence-electron chi connectivity index (χ3n) is 10.4. The average Bonchev–Trinajstić information content (AvgIpc) is 3.46. The molecule has 4 unspecified atom stereocenters. The molecule has 3 aliphatic rings. The number of nitrogens with two attached hydrogens (primary N) is 2. The van der Waals surface area contributed by atoms with Crippen LogP contribution in [0.3, 0.4) is 0 Å². The zero-order valence-electron chi connectivity index (χ0n) is 32.2. The molecule has 3 fully saturated rings. The Balaban J connectivity index is 0.00000217. The molecule has 1 aromatic heterocycles. The highest BCUT2D eigenvalue weighted by atomic mass is 19.3. The quantitative estimate of drug-likeness (QED) is 0.0701. The summed E-state index contributed by atoms with van der Waals surface area (Å²) in [6, 6.07) is 0.508. The number of terminal acetylenes is 1. The highest BCUT2D eigenvalue weighted by Gasteiger charge is 2.39. The van der Waals surface area contributed by atoms with E-state index in [0.29, 0.717) is 43.7 Å². The van der Waals surface area contributed by atoms with Crippen molar-refractivity contribution in [1.29, 1.82) is 0 Å². The Morgan fingerprint density at radius 1 is 1.18 bits per heavy atom. The molecule has 4 atom stereocenters. The summed E-state index contributed by atoms with van der Waals surface area (Å²) in [4.78, 5) is 20.1. The standard InChI is InChI=1S/C37H60F2N8.C2H2.CH5N/c1-7-10-17-31(14-8-2)46-25-47(26-46)34(19-18-29-22-30(37(5,38)39)23-42-27(29)4)44-36-43-33(24-45(36)6)35(28-15-12-11-13-16-28)32(20-21-40)41-9-3;2*1-2/h7,20-21,24,28-31,35,42H,1,4,8-19,22-23,25-26,40H2,2-3,5-6H3;1-2H;2H2,1H3/b21-20-,41-32?,44-34+;;. The number of hydrogen-bond donors (Lipinski definition) is 3. The highest BCUT2D eigenvalue weighted by molar-refractivity contribution is 6.00. The number of aromatic nitrogens is 2. The number of imidazole rings is 1. The van der Waals surface area contributed by atoms with E-state index in [1.54, 1.807) is 6.20 Å². The van der Waals surface area contributed by atoms with Crippen LogP contribution in [0, 0.1) is 30.6 Å². The number of rotatable bonds is 16. The first-order chi connectivity index (χ1) is 24.6. The van der Waals surface area contributed by atoms with E-state index < -0.39 is 11.8 Å². The van der Waals surface area contributed by atoms with Crippen LogP contribution in [0.15, 0.2) is 53.4 Å². The number of nitrogens with one attached hydrogen (secondary N) is 1. The van der Waals surface area contributed by atoms with Crippen LogP contribution >= 0.6 is 0 Å². The minimum Gasteiger partial charge on any atom is -0.405 e. The highest BCUT2D eigenvalue weighted by Crippen LogP contribution is 2.39. The van der Waals surface area contributed by atoms with Gasteiger partial charge < -0.3 is 26.3 Å². The lowest BCUT2D eigenvalue weighted by atomic mass is 9.76. The monoisotopic (exact) mass is 712 g/mol. The van der Waals surface area contributed by atoms with Crippen LogP contribution in [-0.4, -0.2) is 76.3 Å². The van der Waals surface area contributed by atoms with Crippen molar-refractivity contribution in [3.8, 4) is 12.8 Å². The number of alkyl halides is 2. The molecule has 0 aromatic carbocycles. The Morgan fingerprint density at radius 2 is 1.86 bits per heavy atom. The Kier molecular flexibility index (Phi) is 19.2. The summed E-state index contributed by atoms with van der Waals surface area (Å²) in [6.07, 6.45) is 27.9. The smallest absolute Gasteiger partial charge is 0.249 e. The van der Waals surface area contributed by atoms with Crippen LogP contribution in [0.1, 0.15) is 109 Å². The molecule has 11 heteroatoms. The van der Waals surface area contributed by atoms with Gasteiger partial charge in [-0.25, -0.2) is 13.8 Å². The van der Waals surface area contributed by atoms with Crippen LogP contribution in [0.5, 0.6) is 0 Å². The molecule has 1 saturated carbocycles. The zero-order valence-corrected chi connectivity index (χ0v) is 32.2. The van der Waals surface area contributed by atoms with Gasteiger partial charge in [0, 0.05) is 62.0 Å². The van der Waals surface area contributed by atoms with Crippen molar-refractivity contribution in [2.45, 2.75) is 116 Å². The van der Waals surface area contributed by atoms with Crippen LogP contribution in [0.25, 0.3) is 0 Å². The van der Waals surface area contributed by atoms with Gasteiger partial charge >= 0.3 is 0 Å². The molecule has 2 saturated heterocycles. The van der Waals surface area contributed by atoms with E-state index in [2.05, 4.69) is 66.9 Å². The number of aryl methyl sites for hydroxylation is 1. The summed E-state index contributed by atoms with van der Waals surface area (Å²) in [6.45, 7) is 16.0. The lowest BCUT2D eigenvalue weighted by Gasteiger charge is -2.48. The normalized spacial score (nSPS) is 21.8. The summed E-state index contributed by atoms with van der Waals surface area (Å²) in [7, 11) is 3.51. The fourth-order valence-electron chi connectivity index (χ4n) is 7.66. The van der Waals surface area contributed by atoms with Crippen molar-refractivity contribution in [2.24, 2.45) is 46.3 Å². The molecule has 2 aliphatic heterocycles. The van der Waals surface area contributed by atoms with E-state index in [4.69, 9.17) is 20.7 Å². The molecule has 0 radical (unpaired) electrons. The Morgan fingerprint density at radius 3 is 2.45 bits per heavy atom. The van der Waals surface area contributed by atoms with Gasteiger partial charge in [0.05, 0.1) is 19.0 Å². The molecule has 1 aromatic rings. The van der Waals surface area contributed by atoms with Crippen LogP contribution < -0.4 is 16.8 Å². The van der Waals surface area contributed by atoms with E-state index in [0.717, 1.165) is 81.7 Å². The second-order valence-electron chi connectivity index (χ2n) is 14.0. The van der Waals surface area contributed by atoms with Gasteiger partial charge in [0.2, 0.25) is 11.9 Å². The fraction of sp³-hybridized carbons (Fsp3) is 0.675. The van der Waals surface area contributed by atoms with Gasteiger partial charge in [0.15, 0.2) is 0 Å². The van der Waals surface area contributed by atoms with Gasteiger partial charge in [-0.05, 0) is 90.0 Å². The van der Waals surface area contributed by atoms with Crippen LogP contribution in [-0.2, 0) is 7.05 Å². The molecule has 0 bridgehead atoms. The Hall–Kier alpha value is -3.49.